The number of hydrogen-bond acceptors (Lipinski definition) is 5. The molecular weight excluding hydrogens is 352 g/mol. The Labute approximate surface area is 166 Å². The van der Waals surface area contributed by atoms with Gasteiger partial charge in [-0.15, -0.1) is 0 Å². The molecule has 146 valence electrons. The van der Waals surface area contributed by atoms with Crippen molar-refractivity contribution >= 4 is 0 Å². The van der Waals surface area contributed by atoms with Gasteiger partial charge in [0.1, 0.15) is 0 Å². The van der Waals surface area contributed by atoms with Gasteiger partial charge in [-0.25, -0.2) is 0 Å². The molecule has 0 fully saturated rings. The van der Waals surface area contributed by atoms with E-state index in [0.29, 0.717) is 11.5 Å². The van der Waals surface area contributed by atoms with Gasteiger partial charge in [-0.05, 0) is 42.3 Å². The Morgan fingerprint density at radius 1 is 0.929 bits per heavy atom. The first-order valence-corrected chi connectivity index (χ1v) is 9.30. The summed E-state index contributed by atoms with van der Waals surface area (Å²) < 4.78 is 10.8. The molecule has 3 aromatic rings. The summed E-state index contributed by atoms with van der Waals surface area (Å²) in [5, 5.41) is 14.5. The maximum atomic E-state index is 11.0. The van der Waals surface area contributed by atoms with Crippen molar-refractivity contribution < 1.29 is 14.6 Å². The summed E-state index contributed by atoms with van der Waals surface area (Å²) >= 11 is 0. The second-order valence-corrected chi connectivity index (χ2v) is 6.51. The number of pyridine rings is 1. The summed E-state index contributed by atoms with van der Waals surface area (Å²) in [7, 11) is 3.22. The fourth-order valence-electron chi connectivity index (χ4n) is 3.22. The summed E-state index contributed by atoms with van der Waals surface area (Å²) in [5.41, 5.74) is 2.92. The summed E-state index contributed by atoms with van der Waals surface area (Å²) in [6, 6.07) is 19.4. The molecule has 0 bridgehead atoms. The molecule has 28 heavy (non-hydrogen) atoms. The average molecular weight is 378 g/mol. The maximum absolute atomic E-state index is 11.0. The number of aliphatic hydroxyl groups excluding tert-OH is 1. The second kappa shape index (κ2) is 9.88. The fourth-order valence-corrected chi connectivity index (χ4v) is 3.22. The molecule has 2 aromatic carbocycles. The highest BCUT2D eigenvalue weighted by atomic mass is 16.5. The van der Waals surface area contributed by atoms with Crippen molar-refractivity contribution in [3.05, 3.63) is 89.7 Å². The molecule has 2 atom stereocenters. The van der Waals surface area contributed by atoms with Gasteiger partial charge < -0.3 is 19.9 Å². The van der Waals surface area contributed by atoms with E-state index in [2.05, 4.69) is 22.4 Å². The zero-order chi connectivity index (χ0) is 19.8. The number of methoxy groups -OCH3 is 2. The van der Waals surface area contributed by atoms with Crippen LogP contribution in [0.25, 0.3) is 0 Å². The minimum absolute atomic E-state index is 0.312. The normalized spacial score (nSPS) is 13.0. The molecule has 0 amide bonds. The van der Waals surface area contributed by atoms with Crippen LogP contribution < -0.4 is 14.8 Å². The molecule has 0 spiro atoms. The zero-order valence-corrected chi connectivity index (χ0v) is 16.2. The van der Waals surface area contributed by atoms with E-state index in [4.69, 9.17) is 9.47 Å². The summed E-state index contributed by atoms with van der Waals surface area (Å²) in [5.74, 6) is 1.29. The average Bonchev–Trinajstić information content (AvgIpc) is 2.77. The Kier molecular flexibility index (Phi) is 7.00. The van der Waals surface area contributed by atoms with Crippen LogP contribution in [0.4, 0.5) is 0 Å². The molecular formula is C23H26N2O3. The molecule has 2 N–H and O–H groups in total. The smallest absolute Gasteiger partial charge is 0.161 e. The maximum Gasteiger partial charge on any atom is 0.161 e. The third kappa shape index (κ3) is 4.88. The molecule has 0 radical (unpaired) electrons. The van der Waals surface area contributed by atoms with Crippen LogP contribution in [0.3, 0.4) is 0 Å². The van der Waals surface area contributed by atoms with Crippen molar-refractivity contribution in [2.24, 2.45) is 0 Å². The van der Waals surface area contributed by atoms with Gasteiger partial charge in [-0.1, -0.05) is 42.5 Å². The summed E-state index contributed by atoms with van der Waals surface area (Å²) in [6.45, 7) is 0.723. The minimum Gasteiger partial charge on any atom is -0.493 e. The van der Waals surface area contributed by atoms with E-state index in [1.807, 2.05) is 48.5 Å². The third-order valence-corrected chi connectivity index (χ3v) is 4.73. The first kappa shape index (κ1) is 19.9. The van der Waals surface area contributed by atoms with E-state index in [1.54, 1.807) is 26.6 Å². The standard InChI is InChI=1S/C23H26N2O3/c1-27-20-11-10-18(15-21(20)28-2)22(23(26)19-9-6-13-24-16-19)25-14-12-17-7-4-3-5-8-17/h3-11,13,15-16,22-23,25-26H,12,14H2,1-2H3. The van der Waals surface area contributed by atoms with E-state index >= 15 is 0 Å². The quantitative estimate of drug-likeness (QED) is 0.594. The van der Waals surface area contributed by atoms with Gasteiger partial charge in [0.25, 0.3) is 0 Å². The molecule has 0 aliphatic carbocycles. The molecule has 1 aromatic heterocycles. The van der Waals surface area contributed by atoms with E-state index in [-0.39, 0.29) is 6.04 Å². The van der Waals surface area contributed by atoms with Gasteiger partial charge in [0.15, 0.2) is 11.5 Å². The molecule has 0 aliphatic rings. The Hall–Kier alpha value is -2.89. The molecule has 5 nitrogen and oxygen atoms in total. The Bertz CT molecular complexity index is 856. The molecule has 0 saturated heterocycles. The lowest BCUT2D eigenvalue weighted by molar-refractivity contribution is 0.128. The highest BCUT2D eigenvalue weighted by molar-refractivity contribution is 5.44. The van der Waals surface area contributed by atoms with Crippen LogP contribution in [-0.4, -0.2) is 30.9 Å². The monoisotopic (exact) mass is 378 g/mol. The first-order valence-electron chi connectivity index (χ1n) is 9.30. The second-order valence-electron chi connectivity index (χ2n) is 6.51. The van der Waals surface area contributed by atoms with Crippen LogP contribution >= 0.6 is 0 Å². The Morgan fingerprint density at radius 2 is 1.71 bits per heavy atom. The van der Waals surface area contributed by atoms with Crippen molar-refractivity contribution in [3.8, 4) is 11.5 Å². The van der Waals surface area contributed by atoms with E-state index in [9.17, 15) is 5.11 Å². The Morgan fingerprint density at radius 3 is 2.39 bits per heavy atom. The van der Waals surface area contributed by atoms with Crippen LogP contribution in [0.5, 0.6) is 11.5 Å². The molecule has 0 saturated carbocycles. The SMILES string of the molecule is COc1ccc(C(NCCc2ccccc2)C(O)c2cccnc2)cc1OC. The lowest BCUT2D eigenvalue weighted by Gasteiger charge is -2.26. The van der Waals surface area contributed by atoms with Gasteiger partial charge in [0.05, 0.1) is 26.4 Å². The van der Waals surface area contributed by atoms with Crippen molar-refractivity contribution in [1.29, 1.82) is 0 Å². The van der Waals surface area contributed by atoms with Crippen LogP contribution in [0.2, 0.25) is 0 Å². The van der Waals surface area contributed by atoms with Crippen molar-refractivity contribution in [3.63, 3.8) is 0 Å². The predicted octanol–water partition coefficient (Wildman–Crippen LogP) is 3.71. The van der Waals surface area contributed by atoms with Crippen molar-refractivity contribution in [2.45, 2.75) is 18.6 Å². The topological polar surface area (TPSA) is 63.6 Å². The van der Waals surface area contributed by atoms with E-state index < -0.39 is 6.10 Å². The van der Waals surface area contributed by atoms with Crippen LogP contribution in [-0.2, 0) is 6.42 Å². The highest BCUT2D eigenvalue weighted by Gasteiger charge is 2.23. The zero-order valence-electron chi connectivity index (χ0n) is 16.2. The first-order chi connectivity index (χ1) is 13.7. The Balaban J connectivity index is 1.83. The van der Waals surface area contributed by atoms with Gasteiger partial charge in [0, 0.05) is 18.0 Å². The fraction of sp³-hybridized carbons (Fsp3) is 0.261. The summed E-state index contributed by atoms with van der Waals surface area (Å²) in [6.07, 6.45) is 3.51. The predicted molar refractivity (Wildman–Crippen MR) is 110 cm³/mol. The molecule has 3 rings (SSSR count). The molecule has 0 aliphatic heterocycles. The van der Waals surface area contributed by atoms with Gasteiger partial charge in [-0.3, -0.25) is 4.98 Å². The molecule has 5 heteroatoms. The van der Waals surface area contributed by atoms with Crippen molar-refractivity contribution in [1.82, 2.24) is 10.3 Å². The third-order valence-electron chi connectivity index (χ3n) is 4.73. The number of aromatic nitrogens is 1. The van der Waals surface area contributed by atoms with Crippen molar-refractivity contribution in [2.75, 3.05) is 20.8 Å². The molecule has 1 heterocycles. The van der Waals surface area contributed by atoms with Crippen LogP contribution in [0.15, 0.2) is 73.1 Å². The van der Waals surface area contributed by atoms with Gasteiger partial charge in [0.2, 0.25) is 0 Å². The number of rotatable bonds is 9. The molecule has 2 unspecified atom stereocenters. The van der Waals surface area contributed by atoms with E-state index in [1.165, 1.54) is 5.56 Å². The number of nitrogens with zero attached hydrogens (tertiary/aromatic N) is 1. The highest BCUT2D eigenvalue weighted by Crippen LogP contribution is 2.34. The minimum atomic E-state index is -0.748. The number of ether oxygens (including phenoxy) is 2. The lowest BCUT2D eigenvalue weighted by Crippen LogP contribution is -2.29. The number of nitrogens with one attached hydrogen (secondary N) is 1. The van der Waals surface area contributed by atoms with Crippen LogP contribution in [0, 0.1) is 0 Å². The number of aliphatic hydroxyl groups is 1. The number of benzene rings is 2. The largest absolute Gasteiger partial charge is 0.493 e. The van der Waals surface area contributed by atoms with Crippen LogP contribution in [0.1, 0.15) is 28.8 Å². The van der Waals surface area contributed by atoms with Gasteiger partial charge >= 0.3 is 0 Å². The lowest BCUT2D eigenvalue weighted by atomic mass is 9.96. The summed E-state index contributed by atoms with van der Waals surface area (Å²) in [4.78, 5) is 4.14. The van der Waals surface area contributed by atoms with Gasteiger partial charge in [-0.2, -0.15) is 0 Å². The van der Waals surface area contributed by atoms with E-state index in [0.717, 1.165) is 24.1 Å². The number of hydrogen-bond donors (Lipinski definition) is 2.